The highest BCUT2D eigenvalue weighted by atomic mass is 35.5. The molecule has 164 valence electrons. The van der Waals surface area contributed by atoms with Crippen LogP contribution in [0.25, 0.3) is 0 Å². The summed E-state index contributed by atoms with van der Waals surface area (Å²) in [6.45, 7) is 10.5. The predicted octanol–water partition coefficient (Wildman–Crippen LogP) is 4.74. The number of benzene rings is 1. The number of esters is 1. The fourth-order valence-electron chi connectivity index (χ4n) is 2.47. The fraction of sp³-hybridized carbons (Fsp3) is 0.619. The summed E-state index contributed by atoms with van der Waals surface area (Å²) in [6.07, 6.45) is -0.0734. The molecule has 0 aromatic heterocycles. The first-order chi connectivity index (χ1) is 13.5. The lowest BCUT2D eigenvalue weighted by Crippen LogP contribution is -2.44. The normalized spacial score (nSPS) is 14.3. The molecule has 0 saturated carbocycles. The molecule has 29 heavy (non-hydrogen) atoms. The van der Waals surface area contributed by atoms with Crippen LogP contribution in [-0.4, -0.2) is 43.0 Å². The Morgan fingerprint density at radius 3 is 2.41 bits per heavy atom. The van der Waals surface area contributed by atoms with Gasteiger partial charge in [-0.15, -0.1) is 0 Å². The van der Waals surface area contributed by atoms with Gasteiger partial charge in [0.15, 0.2) is 0 Å². The van der Waals surface area contributed by atoms with Crippen LogP contribution in [0.15, 0.2) is 18.2 Å². The summed E-state index contributed by atoms with van der Waals surface area (Å²) in [5.74, 6) is 0.494. The Morgan fingerprint density at radius 2 is 1.86 bits per heavy atom. The second-order valence-corrected chi connectivity index (χ2v) is 8.16. The van der Waals surface area contributed by atoms with E-state index in [1.54, 1.807) is 52.8 Å². The first kappa shape index (κ1) is 24.9. The number of amides is 1. The van der Waals surface area contributed by atoms with E-state index in [1.165, 1.54) is 7.11 Å². The lowest BCUT2D eigenvalue weighted by Gasteiger charge is -2.27. The predicted molar refractivity (Wildman–Crippen MR) is 112 cm³/mol. The number of halogens is 1. The summed E-state index contributed by atoms with van der Waals surface area (Å²) in [5.41, 5.74) is -0.652. The number of rotatable bonds is 9. The third-order valence-electron chi connectivity index (χ3n) is 3.90. The molecule has 0 bridgehead atoms. The van der Waals surface area contributed by atoms with Gasteiger partial charge in [0.05, 0.1) is 12.1 Å². The van der Waals surface area contributed by atoms with Crippen LogP contribution in [-0.2, 0) is 14.3 Å². The van der Waals surface area contributed by atoms with E-state index in [1.807, 2.05) is 6.92 Å². The van der Waals surface area contributed by atoms with E-state index in [2.05, 4.69) is 5.32 Å². The van der Waals surface area contributed by atoms with E-state index in [4.69, 9.17) is 30.5 Å². The van der Waals surface area contributed by atoms with Crippen LogP contribution >= 0.6 is 11.6 Å². The van der Waals surface area contributed by atoms with Gasteiger partial charge in [0, 0.05) is 6.07 Å². The Balaban J connectivity index is 2.72. The van der Waals surface area contributed by atoms with Crippen molar-refractivity contribution in [2.45, 2.75) is 78.2 Å². The van der Waals surface area contributed by atoms with Gasteiger partial charge in [-0.2, -0.15) is 0 Å². The number of alkyl carbamates (subject to hydrolysis) is 1. The molecule has 7 nitrogen and oxygen atoms in total. The molecular formula is C21H32ClNO6. The summed E-state index contributed by atoms with van der Waals surface area (Å²) in [5, 5.41) is 2.96. The van der Waals surface area contributed by atoms with Gasteiger partial charge in [0.25, 0.3) is 0 Å². The molecule has 0 heterocycles. The van der Waals surface area contributed by atoms with Crippen LogP contribution in [0.1, 0.15) is 54.4 Å². The Bertz CT molecular complexity index is 688. The molecule has 0 spiro atoms. The van der Waals surface area contributed by atoms with Gasteiger partial charge in [-0.05, 0) is 53.2 Å². The number of methoxy groups -OCH3 is 1. The molecule has 8 heteroatoms. The Hall–Kier alpha value is -2.15. The van der Waals surface area contributed by atoms with E-state index in [0.29, 0.717) is 22.9 Å². The van der Waals surface area contributed by atoms with Crippen molar-refractivity contribution in [3.05, 3.63) is 23.2 Å². The lowest BCUT2D eigenvalue weighted by atomic mass is 10.1. The van der Waals surface area contributed by atoms with Gasteiger partial charge in [-0.1, -0.05) is 24.9 Å². The van der Waals surface area contributed by atoms with Crippen molar-refractivity contribution in [1.82, 2.24) is 5.32 Å². The lowest BCUT2D eigenvalue weighted by molar-refractivity contribution is -0.155. The van der Waals surface area contributed by atoms with E-state index in [0.717, 1.165) is 6.42 Å². The minimum Gasteiger partial charge on any atom is -0.495 e. The molecule has 0 aliphatic rings. The van der Waals surface area contributed by atoms with Crippen LogP contribution < -0.4 is 14.8 Å². The largest absolute Gasteiger partial charge is 0.495 e. The molecule has 1 rings (SSSR count). The molecule has 0 fully saturated rings. The van der Waals surface area contributed by atoms with Gasteiger partial charge in [-0.25, -0.2) is 9.59 Å². The number of ether oxygens (including phenoxy) is 4. The standard InChI is InChI=1S/C21H32ClNO6/c1-8-9-17(28-15-10-11-16(22)18(12-15)26-7)14(3)27-19(24)13(2)23-20(25)29-21(4,5)6/h10-14,17H,8-9H2,1-7H3,(H,23,25)/t13-,14-,17+/m0/s1. The van der Waals surface area contributed by atoms with E-state index in [9.17, 15) is 9.59 Å². The topological polar surface area (TPSA) is 83.1 Å². The number of carbonyl (C=O) groups excluding carboxylic acids is 2. The fourth-order valence-corrected chi connectivity index (χ4v) is 2.66. The SMILES string of the molecule is CCC[C@@H](Oc1ccc(Cl)c(OC)c1)[C@H](C)OC(=O)[C@H](C)NC(=O)OC(C)(C)C. The highest BCUT2D eigenvalue weighted by Gasteiger charge is 2.27. The number of carbonyl (C=O) groups is 2. The Morgan fingerprint density at radius 1 is 1.21 bits per heavy atom. The van der Waals surface area contributed by atoms with Crippen LogP contribution in [0, 0.1) is 0 Å². The summed E-state index contributed by atoms with van der Waals surface area (Å²) in [4.78, 5) is 24.2. The van der Waals surface area contributed by atoms with Crippen molar-refractivity contribution in [2.24, 2.45) is 0 Å². The van der Waals surface area contributed by atoms with Crippen molar-refractivity contribution in [3.63, 3.8) is 0 Å². The van der Waals surface area contributed by atoms with Gasteiger partial charge in [0.1, 0.15) is 35.3 Å². The van der Waals surface area contributed by atoms with Crippen molar-refractivity contribution in [1.29, 1.82) is 0 Å². The zero-order valence-electron chi connectivity index (χ0n) is 18.2. The van der Waals surface area contributed by atoms with Crippen molar-refractivity contribution in [2.75, 3.05) is 7.11 Å². The van der Waals surface area contributed by atoms with Crippen molar-refractivity contribution >= 4 is 23.7 Å². The molecule has 0 radical (unpaired) electrons. The maximum atomic E-state index is 12.4. The van der Waals surface area contributed by atoms with E-state index in [-0.39, 0.29) is 6.10 Å². The van der Waals surface area contributed by atoms with Crippen LogP contribution in [0.2, 0.25) is 5.02 Å². The minimum absolute atomic E-state index is 0.372. The first-order valence-electron chi connectivity index (χ1n) is 9.67. The summed E-state index contributed by atoms with van der Waals surface area (Å²) in [7, 11) is 1.53. The average Bonchev–Trinajstić information content (AvgIpc) is 2.60. The molecule has 3 atom stereocenters. The van der Waals surface area contributed by atoms with E-state index < -0.39 is 29.8 Å². The highest BCUT2D eigenvalue weighted by Crippen LogP contribution is 2.30. The highest BCUT2D eigenvalue weighted by molar-refractivity contribution is 6.32. The number of nitrogens with one attached hydrogen (secondary N) is 1. The van der Waals surface area contributed by atoms with Crippen molar-refractivity contribution in [3.8, 4) is 11.5 Å². The monoisotopic (exact) mass is 429 g/mol. The number of hydrogen-bond donors (Lipinski definition) is 1. The third-order valence-corrected chi connectivity index (χ3v) is 4.21. The Kier molecular flexibility index (Phi) is 9.56. The molecule has 0 saturated heterocycles. The molecule has 1 N–H and O–H groups in total. The molecule has 1 amide bonds. The van der Waals surface area contributed by atoms with Crippen LogP contribution in [0.4, 0.5) is 4.79 Å². The molecule has 0 aliphatic carbocycles. The smallest absolute Gasteiger partial charge is 0.408 e. The average molecular weight is 430 g/mol. The van der Waals surface area contributed by atoms with Crippen LogP contribution in [0.3, 0.4) is 0 Å². The van der Waals surface area contributed by atoms with Gasteiger partial charge >= 0.3 is 12.1 Å². The van der Waals surface area contributed by atoms with E-state index >= 15 is 0 Å². The third kappa shape index (κ3) is 8.81. The quantitative estimate of drug-likeness (QED) is 0.571. The first-order valence-corrected chi connectivity index (χ1v) is 10.0. The maximum Gasteiger partial charge on any atom is 0.408 e. The summed E-state index contributed by atoms with van der Waals surface area (Å²) in [6, 6.07) is 4.24. The second kappa shape index (κ2) is 11.1. The molecular weight excluding hydrogens is 398 g/mol. The summed E-state index contributed by atoms with van der Waals surface area (Å²) >= 11 is 6.05. The molecule has 1 aromatic carbocycles. The Labute approximate surface area is 178 Å². The van der Waals surface area contributed by atoms with Gasteiger partial charge in [0.2, 0.25) is 0 Å². The molecule has 0 aliphatic heterocycles. The van der Waals surface area contributed by atoms with Crippen LogP contribution in [0.5, 0.6) is 11.5 Å². The maximum absolute atomic E-state index is 12.4. The van der Waals surface area contributed by atoms with Crippen molar-refractivity contribution < 1.29 is 28.5 Å². The molecule has 1 aromatic rings. The zero-order chi connectivity index (χ0) is 22.2. The minimum atomic E-state index is -0.856. The van der Waals surface area contributed by atoms with Gasteiger partial charge in [-0.3, -0.25) is 0 Å². The molecule has 0 unspecified atom stereocenters. The number of hydrogen-bond acceptors (Lipinski definition) is 6. The second-order valence-electron chi connectivity index (χ2n) is 7.75. The van der Waals surface area contributed by atoms with Gasteiger partial charge < -0.3 is 24.3 Å². The summed E-state index contributed by atoms with van der Waals surface area (Å²) < 4.78 is 21.9. The zero-order valence-corrected chi connectivity index (χ0v) is 19.0.